The second kappa shape index (κ2) is 4.63. The molecular weight excluding hydrogens is 200 g/mol. The number of hydrogen-bond acceptors (Lipinski definition) is 3. The maximum absolute atomic E-state index is 9.74. The number of hydrogen-bond donors (Lipinski definition) is 2. The molecule has 0 spiro atoms. The Labute approximate surface area is 98.2 Å². The molecule has 3 unspecified atom stereocenters. The summed E-state index contributed by atoms with van der Waals surface area (Å²) in [6, 6.07) is 1.32. The molecule has 16 heavy (non-hydrogen) atoms. The summed E-state index contributed by atoms with van der Waals surface area (Å²) in [7, 11) is 0. The summed E-state index contributed by atoms with van der Waals surface area (Å²) in [5, 5.41) is 13.3. The Bertz CT molecular complexity index is 242. The summed E-state index contributed by atoms with van der Waals surface area (Å²) in [6.07, 6.45) is 7.49. The van der Waals surface area contributed by atoms with Crippen molar-refractivity contribution in [3.63, 3.8) is 0 Å². The van der Waals surface area contributed by atoms with Crippen LogP contribution in [0.25, 0.3) is 0 Å². The van der Waals surface area contributed by atoms with Crippen molar-refractivity contribution in [3.05, 3.63) is 0 Å². The number of rotatable bonds is 4. The predicted molar refractivity (Wildman–Crippen MR) is 64.4 cm³/mol. The lowest BCUT2D eigenvalue weighted by atomic mass is 10.1. The maximum Gasteiger partial charge on any atom is 0.0693 e. The molecule has 3 fully saturated rings. The summed E-state index contributed by atoms with van der Waals surface area (Å²) in [4.78, 5) is 2.66. The first-order valence-electron chi connectivity index (χ1n) is 6.98. The molecular formula is C13H24N2O. The molecule has 2 saturated carbocycles. The molecule has 3 aliphatic rings. The highest BCUT2D eigenvalue weighted by Crippen LogP contribution is 2.31. The van der Waals surface area contributed by atoms with Crippen LogP contribution in [0.5, 0.6) is 0 Å². The van der Waals surface area contributed by atoms with Gasteiger partial charge in [-0.1, -0.05) is 0 Å². The summed E-state index contributed by atoms with van der Waals surface area (Å²) in [5.41, 5.74) is 0. The van der Waals surface area contributed by atoms with Gasteiger partial charge in [-0.2, -0.15) is 0 Å². The first-order valence-corrected chi connectivity index (χ1v) is 6.98. The van der Waals surface area contributed by atoms with Gasteiger partial charge in [-0.05, 0) is 57.5 Å². The molecule has 92 valence electrons. The third-order valence-electron chi connectivity index (χ3n) is 4.53. The molecule has 0 radical (unpaired) electrons. The van der Waals surface area contributed by atoms with Crippen LogP contribution >= 0.6 is 0 Å². The van der Waals surface area contributed by atoms with Gasteiger partial charge in [0.2, 0.25) is 0 Å². The molecule has 2 N–H and O–H groups in total. The Hall–Kier alpha value is -0.120. The standard InChI is InChI=1S/C13H24N2O/c16-13-3-1-2-12(13)14-8-10-6-7-15(9-10)11-4-5-11/h10-14,16H,1-9H2. The van der Waals surface area contributed by atoms with Crippen molar-refractivity contribution in [1.82, 2.24) is 10.2 Å². The van der Waals surface area contributed by atoms with Crippen molar-refractivity contribution in [2.45, 2.75) is 56.7 Å². The number of aliphatic hydroxyl groups is 1. The van der Waals surface area contributed by atoms with E-state index in [-0.39, 0.29) is 6.10 Å². The third kappa shape index (κ3) is 2.41. The lowest BCUT2D eigenvalue weighted by Crippen LogP contribution is -2.39. The van der Waals surface area contributed by atoms with Gasteiger partial charge >= 0.3 is 0 Å². The van der Waals surface area contributed by atoms with E-state index in [1.807, 2.05) is 0 Å². The van der Waals surface area contributed by atoms with E-state index in [4.69, 9.17) is 0 Å². The Balaban J connectivity index is 1.39. The topological polar surface area (TPSA) is 35.5 Å². The van der Waals surface area contributed by atoms with Gasteiger partial charge in [0.1, 0.15) is 0 Å². The minimum absolute atomic E-state index is 0.0825. The summed E-state index contributed by atoms with van der Waals surface area (Å²) in [6.45, 7) is 3.72. The quantitative estimate of drug-likeness (QED) is 0.747. The van der Waals surface area contributed by atoms with E-state index in [0.717, 1.165) is 24.9 Å². The minimum Gasteiger partial charge on any atom is -0.392 e. The van der Waals surface area contributed by atoms with Gasteiger partial charge in [0.15, 0.2) is 0 Å². The van der Waals surface area contributed by atoms with E-state index >= 15 is 0 Å². The Morgan fingerprint density at radius 1 is 1.12 bits per heavy atom. The van der Waals surface area contributed by atoms with Crippen molar-refractivity contribution < 1.29 is 5.11 Å². The van der Waals surface area contributed by atoms with Crippen LogP contribution in [-0.2, 0) is 0 Å². The van der Waals surface area contributed by atoms with Crippen LogP contribution < -0.4 is 5.32 Å². The number of aliphatic hydroxyl groups excluding tert-OH is 1. The Kier molecular flexibility index (Phi) is 3.18. The highest BCUT2D eigenvalue weighted by molar-refractivity contribution is 4.91. The SMILES string of the molecule is OC1CCCC1NCC1CCN(C2CC2)C1. The van der Waals surface area contributed by atoms with Gasteiger partial charge in [-0.3, -0.25) is 0 Å². The van der Waals surface area contributed by atoms with Gasteiger partial charge in [-0.15, -0.1) is 0 Å². The maximum atomic E-state index is 9.74. The van der Waals surface area contributed by atoms with Crippen LogP contribution in [0, 0.1) is 5.92 Å². The van der Waals surface area contributed by atoms with Gasteiger partial charge in [0, 0.05) is 18.6 Å². The van der Waals surface area contributed by atoms with Gasteiger partial charge in [-0.25, -0.2) is 0 Å². The van der Waals surface area contributed by atoms with Crippen molar-refractivity contribution in [1.29, 1.82) is 0 Å². The van der Waals surface area contributed by atoms with Crippen LogP contribution in [0.15, 0.2) is 0 Å². The fourth-order valence-corrected chi connectivity index (χ4v) is 3.30. The van der Waals surface area contributed by atoms with E-state index in [0.29, 0.717) is 6.04 Å². The summed E-state index contributed by atoms with van der Waals surface area (Å²) in [5.74, 6) is 0.827. The lowest BCUT2D eigenvalue weighted by molar-refractivity contribution is 0.146. The second-order valence-corrected chi connectivity index (χ2v) is 5.89. The molecule has 0 amide bonds. The van der Waals surface area contributed by atoms with Gasteiger partial charge in [0.05, 0.1) is 6.10 Å². The molecule has 0 aromatic rings. The zero-order valence-electron chi connectivity index (χ0n) is 10.1. The number of nitrogens with zero attached hydrogens (tertiary/aromatic N) is 1. The molecule has 1 saturated heterocycles. The largest absolute Gasteiger partial charge is 0.392 e. The van der Waals surface area contributed by atoms with Crippen molar-refractivity contribution in [2.24, 2.45) is 5.92 Å². The molecule has 2 aliphatic carbocycles. The van der Waals surface area contributed by atoms with E-state index < -0.39 is 0 Å². The molecule has 3 nitrogen and oxygen atoms in total. The van der Waals surface area contributed by atoms with Crippen LogP contribution in [0.1, 0.15) is 38.5 Å². The lowest BCUT2D eigenvalue weighted by Gasteiger charge is -2.20. The summed E-state index contributed by atoms with van der Waals surface area (Å²) >= 11 is 0. The van der Waals surface area contributed by atoms with Crippen LogP contribution in [0.2, 0.25) is 0 Å². The predicted octanol–water partition coefficient (Wildman–Crippen LogP) is 0.974. The molecule has 3 atom stereocenters. The average Bonchev–Trinajstić information content (AvgIpc) is 2.89. The number of likely N-dealkylation sites (tertiary alicyclic amines) is 1. The molecule has 0 aromatic carbocycles. The highest BCUT2D eigenvalue weighted by atomic mass is 16.3. The molecule has 0 aromatic heterocycles. The van der Waals surface area contributed by atoms with Crippen molar-refractivity contribution in [2.75, 3.05) is 19.6 Å². The van der Waals surface area contributed by atoms with E-state index in [9.17, 15) is 5.11 Å². The fraction of sp³-hybridized carbons (Fsp3) is 1.00. The van der Waals surface area contributed by atoms with Crippen molar-refractivity contribution >= 4 is 0 Å². The first kappa shape index (κ1) is 11.0. The molecule has 1 aliphatic heterocycles. The average molecular weight is 224 g/mol. The Morgan fingerprint density at radius 3 is 2.69 bits per heavy atom. The van der Waals surface area contributed by atoms with Crippen LogP contribution in [0.3, 0.4) is 0 Å². The monoisotopic (exact) mass is 224 g/mol. The van der Waals surface area contributed by atoms with Gasteiger partial charge in [0.25, 0.3) is 0 Å². The van der Waals surface area contributed by atoms with Gasteiger partial charge < -0.3 is 15.3 Å². The van der Waals surface area contributed by atoms with E-state index in [2.05, 4.69) is 10.2 Å². The second-order valence-electron chi connectivity index (χ2n) is 5.89. The smallest absolute Gasteiger partial charge is 0.0693 e. The van der Waals surface area contributed by atoms with E-state index in [1.165, 1.54) is 45.2 Å². The highest BCUT2D eigenvalue weighted by Gasteiger charge is 2.34. The van der Waals surface area contributed by atoms with E-state index in [1.54, 1.807) is 0 Å². The normalized spacial score (nSPS) is 40.7. The minimum atomic E-state index is -0.0825. The zero-order valence-corrected chi connectivity index (χ0v) is 10.1. The fourth-order valence-electron chi connectivity index (χ4n) is 3.30. The summed E-state index contributed by atoms with van der Waals surface area (Å²) < 4.78 is 0. The molecule has 1 heterocycles. The first-order chi connectivity index (χ1) is 7.83. The van der Waals surface area contributed by atoms with Crippen LogP contribution in [0.4, 0.5) is 0 Å². The number of nitrogens with one attached hydrogen (secondary N) is 1. The molecule has 3 heteroatoms. The van der Waals surface area contributed by atoms with Crippen molar-refractivity contribution in [3.8, 4) is 0 Å². The molecule has 0 bridgehead atoms. The molecule has 3 rings (SSSR count). The third-order valence-corrected chi connectivity index (χ3v) is 4.53. The van der Waals surface area contributed by atoms with Crippen LogP contribution in [-0.4, -0.2) is 47.8 Å². The zero-order chi connectivity index (χ0) is 11.0. The Morgan fingerprint density at radius 2 is 2.00 bits per heavy atom.